The maximum atomic E-state index is 12.1. The number of thiazole rings is 1. The minimum atomic E-state index is -3.80. The van der Waals surface area contributed by atoms with E-state index >= 15 is 0 Å². The fourth-order valence-electron chi connectivity index (χ4n) is 1.73. The highest BCUT2D eigenvalue weighted by molar-refractivity contribution is 7.89. The van der Waals surface area contributed by atoms with Crippen LogP contribution in [0.1, 0.15) is 34.2 Å². The highest BCUT2D eigenvalue weighted by Gasteiger charge is 2.14. The number of primary sulfonamides is 1. The first-order chi connectivity index (χ1) is 11.3. The van der Waals surface area contributed by atoms with E-state index in [0.717, 1.165) is 17.8 Å². The van der Waals surface area contributed by atoms with Crippen LogP contribution in [0, 0.1) is 0 Å². The number of anilines is 1. The van der Waals surface area contributed by atoms with Crippen LogP contribution < -0.4 is 15.8 Å². The van der Waals surface area contributed by atoms with Gasteiger partial charge in [-0.15, -0.1) is 11.3 Å². The number of carbonyl (C=O) groups is 2. The molecule has 24 heavy (non-hydrogen) atoms. The summed E-state index contributed by atoms with van der Waals surface area (Å²) in [6.45, 7) is 2.49. The highest BCUT2D eigenvalue weighted by atomic mass is 32.2. The number of amides is 2. The Morgan fingerprint density at radius 3 is 2.46 bits per heavy atom. The van der Waals surface area contributed by atoms with Gasteiger partial charge in [-0.1, -0.05) is 6.92 Å². The Kier molecular flexibility index (Phi) is 5.65. The maximum absolute atomic E-state index is 12.1. The molecule has 0 atom stereocenters. The van der Waals surface area contributed by atoms with Crippen molar-refractivity contribution >= 4 is 38.3 Å². The summed E-state index contributed by atoms with van der Waals surface area (Å²) in [5, 5.41) is 12.1. The number of nitrogens with two attached hydrogens (primary N) is 1. The van der Waals surface area contributed by atoms with Crippen molar-refractivity contribution in [1.82, 2.24) is 10.3 Å². The molecule has 4 N–H and O–H groups in total. The van der Waals surface area contributed by atoms with E-state index in [0.29, 0.717) is 6.54 Å². The second kappa shape index (κ2) is 7.51. The van der Waals surface area contributed by atoms with Crippen LogP contribution in [0.2, 0.25) is 0 Å². The number of hydrogen-bond donors (Lipinski definition) is 3. The number of aromatic nitrogens is 1. The van der Waals surface area contributed by atoms with Crippen molar-refractivity contribution in [3.8, 4) is 0 Å². The van der Waals surface area contributed by atoms with Gasteiger partial charge in [0, 0.05) is 17.5 Å². The fourth-order valence-corrected chi connectivity index (χ4v) is 2.93. The van der Waals surface area contributed by atoms with E-state index < -0.39 is 15.9 Å². The van der Waals surface area contributed by atoms with Gasteiger partial charge in [0.2, 0.25) is 10.0 Å². The molecule has 1 aromatic carbocycles. The molecule has 1 heterocycles. The van der Waals surface area contributed by atoms with Crippen molar-refractivity contribution < 1.29 is 18.0 Å². The van der Waals surface area contributed by atoms with Crippen LogP contribution in [0.4, 0.5) is 5.13 Å². The topological polar surface area (TPSA) is 131 Å². The van der Waals surface area contributed by atoms with Crippen LogP contribution in [-0.4, -0.2) is 31.8 Å². The van der Waals surface area contributed by atoms with Crippen molar-refractivity contribution in [2.24, 2.45) is 5.14 Å². The monoisotopic (exact) mass is 368 g/mol. The maximum Gasteiger partial charge on any atom is 0.270 e. The van der Waals surface area contributed by atoms with Crippen molar-refractivity contribution in [3.05, 3.63) is 40.9 Å². The average Bonchev–Trinajstić information content (AvgIpc) is 3.00. The summed E-state index contributed by atoms with van der Waals surface area (Å²) in [6.07, 6.45) is 0.813. The van der Waals surface area contributed by atoms with Gasteiger partial charge >= 0.3 is 0 Å². The zero-order valence-electron chi connectivity index (χ0n) is 12.8. The largest absolute Gasteiger partial charge is 0.351 e. The van der Waals surface area contributed by atoms with E-state index in [-0.39, 0.29) is 27.2 Å². The molecule has 0 fully saturated rings. The minimum Gasteiger partial charge on any atom is -0.351 e. The first-order valence-electron chi connectivity index (χ1n) is 6.99. The smallest absolute Gasteiger partial charge is 0.270 e. The Labute approximate surface area is 143 Å². The summed E-state index contributed by atoms with van der Waals surface area (Å²) in [5.74, 6) is -0.767. The van der Waals surface area contributed by atoms with Crippen molar-refractivity contribution in [2.75, 3.05) is 11.9 Å². The van der Waals surface area contributed by atoms with Crippen molar-refractivity contribution in [2.45, 2.75) is 18.2 Å². The van der Waals surface area contributed by atoms with Crippen molar-refractivity contribution in [1.29, 1.82) is 0 Å². The van der Waals surface area contributed by atoms with E-state index in [9.17, 15) is 18.0 Å². The molecule has 0 radical (unpaired) electrons. The molecule has 0 saturated heterocycles. The number of benzene rings is 1. The van der Waals surface area contributed by atoms with Crippen LogP contribution in [0.3, 0.4) is 0 Å². The Morgan fingerprint density at radius 2 is 1.88 bits per heavy atom. The molecule has 0 aliphatic rings. The Hall–Kier alpha value is -2.30. The first-order valence-corrected chi connectivity index (χ1v) is 9.42. The van der Waals surface area contributed by atoms with Gasteiger partial charge in [-0.25, -0.2) is 18.5 Å². The third-order valence-corrected chi connectivity index (χ3v) is 4.62. The van der Waals surface area contributed by atoms with Crippen molar-refractivity contribution in [3.63, 3.8) is 0 Å². The summed E-state index contributed by atoms with van der Waals surface area (Å²) >= 11 is 1.12. The molecular weight excluding hydrogens is 352 g/mol. The standard InChI is InChI=1S/C14H16N4O4S2/c1-2-7-16-13(20)11-8-23-14(17-11)18-12(19)9-3-5-10(6-4-9)24(15,21)22/h3-6,8H,2,7H2,1H3,(H,16,20)(H2,15,21,22)(H,17,18,19). The second-order valence-corrected chi connectivity index (χ2v) is 7.24. The molecule has 0 aliphatic carbocycles. The molecule has 0 bridgehead atoms. The molecule has 2 rings (SSSR count). The highest BCUT2D eigenvalue weighted by Crippen LogP contribution is 2.17. The molecular formula is C14H16N4O4S2. The molecule has 0 spiro atoms. The lowest BCUT2D eigenvalue weighted by atomic mass is 10.2. The van der Waals surface area contributed by atoms with E-state index in [1.54, 1.807) is 5.38 Å². The van der Waals surface area contributed by atoms with Crippen LogP contribution in [0.5, 0.6) is 0 Å². The van der Waals surface area contributed by atoms with E-state index in [1.807, 2.05) is 6.92 Å². The molecule has 0 aliphatic heterocycles. The zero-order chi connectivity index (χ0) is 17.7. The zero-order valence-corrected chi connectivity index (χ0v) is 14.4. The van der Waals surface area contributed by atoms with E-state index in [2.05, 4.69) is 15.6 Å². The molecule has 128 valence electrons. The lowest BCUT2D eigenvalue weighted by molar-refractivity contribution is 0.0948. The van der Waals surface area contributed by atoms with Gasteiger partial charge in [0.05, 0.1) is 4.90 Å². The third-order valence-electron chi connectivity index (χ3n) is 2.94. The lowest BCUT2D eigenvalue weighted by Crippen LogP contribution is -2.24. The first kappa shape index (κ1) is 18.0. The van der Waals surface area contributed by atoms with E-state index in [1.165, 1.54) is 24.3 Å². The predicted molar refractivity (Wildman–Crippen MR) is 90.5 cm³/mol. The Morgan fingerprint density at radius 1 is 1.21 bits per heavy atom. The van der Waals surface area contributed by atoms with Gasteiger partial charge in [0.15, 0.2) is 5.13 Å². The molecule has 0 saturated carbocycles. The predicted octanol–water partition coefficient (Wildman–Crippen LogP) is 1.18. The average molecular weight is 368 g/mol. The number of rotatable bonds is 6. The summed E-state index contributed by atoms with van der Waals surface area (Å²) < 4.78 is 22.4. The number of carbonyl (C=O) groups excluding carboxylic acids is 2. The molecule has 1 aromatic heterocycles. The Bertz CT molecular complexity index is 844. The van der Waals surface area contributed by atoms with Crippen LogP contribution in [0.15, 0.2) is 34.5 Å². The normalized spacial score (nSPS) is 11.1. The van der Waals surface area contributed by atoms with Gasteiger partial charge in [-0.05, 0) is 30.7 Å². The number of hydrogen-bond acceptors (Lipinski definition) is 6. The lowest BCUT2D eigenvalue weighted by Gasteiger charge is -2.03. The minimum absolute atomic E-state index is 0.0804. The molecule has 10 heteroatoms. The van der Waals surface area contributed by atoms with Gasteiger partial charge < -0.3 is 5.32 Å². The molecule has 0 unspecified atom stereocenters. The Balaban J connectivity index is 2.05. The van der Waals surface area contributed by atoms with Gasteiger partial charge in [0.25, 0.3) is 11.8 Å². The number of nitrogens with zero attached hydrogens (tertiary/aromatic N) is 1. The van der Waals surface area contributed by atoms with E-state index in [4.69, 9.17) is 5.14 Å². The second-order valence-electron chi connectivity index (χ2n) is 4.82. The van der Waals surface area contributed by atoms with Crippen LogP contribution >= 0.6 is 11.3 Å². The quantitative estimate of drug-likeness (QED) is 0.704. The van der Waals surface area contributed by atoms with Gasteiger partial charge in [-0.2, -0.15) is 0 Å². The summed E-state index contributed by atoms with van der Waals surface area (Å²) in [6, 6.07) is 5.18. The molecule has 2 aromatic rings. The van der Waals surface area contributed by atoms with Crippen LogP contribution in [0.25, 0.3) is 0 Å². The summed E-state index contributed by atoms with van der Waals surface area (Å²) in [4.78, 5) is 27.8. The van der Waals surface area contributed by atoms with Gasteiger partial charge in [0.1, 0.15) is 5.69 Å². The number of nitrogens with one attached hydrogen (secondary N) is 2. The third kappa shape index (κ3) is 4.60. The van der Waals surface area contributed by atoms with Crippen LogP contribution in [-0.2, 0) is 10.0 Å². The number of sulfonamides is 1. The molecule has 8 nitrogen and oxygen atoms in total. The summed E-state index contributed by atoms with van der Waals surface area (Å²) in [7, 11) is -3.80. The van der Waals surface area contributed by atoms with Gasteiger partial charge in [-0.3, -0.25) is 14.9 Å². The fraction of sp³-hybridized carbons (Fsp3) is 0.214. The summed E-state index contributed by atoms with van der Waals surface area (Å²) in [5.41, 5.74) is 0.475. The SMILES string of the molecule is CCCNC(=O)c1csc(NC(=O)c2ccc(S(N)(=O)=O)cc2)n1. The molecule has 2 amide bonds.